The third kappa shape index (κ3) is 3.13. The molecule has 86 valence electrons. The molecule has 0 amide bonds. The second-order valence-corrected chi connectivity index (χ2v) is 3.45. The largest absolute Gasteiger partial charge is 0.320 e. The first-order chi connectivity index (χ1) is 8.28. The molecule has 0 radical (unpaired) electrons. The predicted molar refractivity (Wildman–Crippen MR) is 61.5 cm³/mol. The monoisotopic (exact) mass is 230 g/mol. The van der Waals surface area contributed by atoms with Crippen LogP contribution in [-0.4, -0.2) is 21.3 Å². The zero-order valence-corrected chi connectivity index (χ0v) is 9.10. The lowest BCUT2D eigenvalue weighted by molar-refractivity contribution is 0.618. The van der Waals surface area contributed by atoms with Gasteiger partial charge in [-0.1, -0.05) is 11.8 Å². The summed E-state index contributed by atoms with van der Waals surface area (Å²) in [5.74, 6) is 5.18. The van der Waals surface area contributed by atoms with Gasteiger partial charge in [-0.25, -0.2) is 14.1 Å². The summed E-state index contributed by atoms with van der Waals surface area (Å²) >= 11 is 0. The number of aromatic nitrogens is 3. The Labute approximate surface area is 98.3 Å². The molecular formula is C12H11FN4. The quantitative estimate of drug-likeness (QED) is 0.775. The van der Waals surface area contributed by atoms with E-state index in [4.69, 9.17) is 5.73 Å². The number of rotatable bonds is 2. The van der Waals surface area contributed by atoms with E-state index in [9.17, 15) is 4.39 Å². The molecule has 1 heterocycles. The molecule has 1 aromatic carbocycles. The van der Waals surface area contributed by atoms with E-state index in [0.717, 1.165) is 5.56 Å². The van der Waals surface area contributed by atoms with Crippen molar-refractivity contribution in [2.45, 2.75) is 6.54 Å². The second kappa shape index (κ2) is 5.23. The van der Waals surface area contributed by atoms with Crippen LogP contribution in [0.25, 0.3) is 0 Å². The van der Waals surface area contributed by atoms with E-state index in [0.29, 0.717) is 12.1 Å². The van der Waals surface area contributed by atoms with Crippen LogP contribution >= 0.6 is 0 Å². The van der Waals surface area contributed by atoms with Crippen molar-refractivity contribution in [3.63, 3.8) is 0 Å². The summed E-state index contributed by atoms with van der Waals surface area (Å²) in [6.07, 6.45) is 3.02. The van der Waals surface area contributed by atoms with Gasteiger partial charge in [0, 0.05) is 5.56 Å². The highest BCUT2D eigenvalue weighted by molar-refractivity contribution is 5.38. The van der Waals surface area contributed by atoms with Gasteiger partial charge >= 0.3 is 0 Å². The van der Waals surface area contributed by atoms with Gasteiger partial charge in [-0.15, -0.1) is 0 Å². The van der Waals surface area contributed by atoms with Crippen molar-refractivity contribution in [1.82, 2.24) is 14.8 Å². The summed E-state index contributed by atoms with van der Waals surface area (Å²) in [6.45, 7) is 0.726. The Morgan fingerprint density at radius 2 is 2.24 bits per heavy atom. The lowest BCUT2D eigenvalue weighted by Crippen LogP contribution is -2.01. The minimum Gasteiger partial charge on any atom is -0.320 e. The molecule has 0 unspecified atom stereocenters. The molecule has 1 aromatic heterocycles. The second-order valence-electron chi connectivity index (χ2n) is 3.45. The van der Waals surface area contributed by atoms with Crippen molar-refractivity contribution < 1.29 is 4.39 Å². The fourth-order valence-electron chi connectivity index (χ4n) is 1.47. The predicted octanol–water partition coefficient (Wildman–Crippen LogP) is 0.776. The van der Waals surface area contributed by atoms with Crippen LogP contribution in [0.5, 0.6) is 0 Å². The lowest BCUT2D eigenvalue weighted by atomic mass is 10.1. The molecule has 0 aliphatic rings. The molecule has 17 heavy (non-hydrogen) atoms. The van der Waals surface area contributed by atoms with Crippen molar-refractivity contribution in [2.75, 3.05) is 6.54 Å². The highest BCUT2D eigenvalue weighted by atomic mass is 19.1. The van der Waals surface area contributed by atoms with Gasteiger partial charge in [0.05, 0.1) is 13.1 Å². The molecule has 0 fully saturated rings. The smallest absolute Gasteiger partial charge is 0.137 e. The Balaban J connectivity index is 2.25. The molecule has 2 aromatic rings. The third-order valence-electron chi connectivity index (χ3n) is 2.10. The van der Waals surface area contributed by atoms with Crippen LogP contribution in [0, 0.1) is 17.7 Å². The molecule has 4 nitrogen and oxygen atoms in total. The van der Waals surface area contributed by atoms with Crippen LogP contribution in [0.1, 0.15) is 11.1 Å². The molecule has 0 bridgehead atoms. The van der Waals surface area contributed by atoms with Gasteiger partial charge in [-0.3, -0.25) is 0 Å². The number of hydrogen-bond acceptors (Lipinski definition) is 3. The van der Waals surface area contributed by atoms with Gasteiger partial charge in [0.2, 0.25) is 0 Å². The van der Waals surface area contributed by atoms with Gasteiger partial charge in [0.1, 0.15) is 18.5 Å². The van der Waals surface area contributed by atoms with E-state index in [-0.39, 0.29) is 12.4 Å². The first-order valence-corrected chi connectivity index (χ1v) is 5.09. The van der Waals surface area contributed by atoms with Crippen LogP contribution < -0.4 is 5.73 Å². The van der Waals surface area contributed by atoms with Gasteiger partial charge in [-0.2, -0.15) is 5.10 Å². The van der Waals surface area contributed by atoms with Gasteiger partial charge in [-0.05, 0) is 23.8 Å². The molecule has 0 atom stereocenters. The summed E-state index contributed by atoms with van der Waals surface area (Å²) in [5.41, 5.74) is 6.68. The van der Waals surface area contributed by atoms with Crippen LogP contribution in [0.4, 0.5) is 4.39 Å². The Bertz CT molecular complexity index is 552. The molecule has 0 aliphatic heterocycles. The maximum absolute atomic E-state index is 13.3. The van der Waals surface area contributed by atoms with Crippen molar-refractivity contribution in [3.05, 3.63) is 47.8 Å². The van der Waals surface area contributed by atoms with Crippen molar-refractivity contribution >= 4 is 0 Å². The Hall–Kier alpha value is -2.19. The summed E-state index contributed by atoms with van der Waals surface area (Å²) in [5, 5.41) is 3.96. The summed E-state index contributed by atoms with van der Waals surface area (Å²) in [6, 6.07) is 4.65. The van der Waals surface area contributed by atoms with E-state index in [1.165, 1.54) is 18.5 Å². The first-order valence-electron chi connectivity index (χ1n) is 5.09. The average molecular weight is 230 g/mol. The summed E-state index contributed by atoms with van der Waals surface area (Å²) in [4.78, 5) is 3.83. The van der Waals surface area contributed by atoms with Gasteiger partial charge < -0.3 is 5.73 Å². The first kappa shape index (κ1) is 11.3. The van der Waals surface area contributed by atoms with Crippen LogP contribution in [-0.2, 0) is 6.54 Å². The number of nitrogens with zero attached hydrogens (tertiary/aromatic N) is 3. The Morgan fingerprint density at radius 1 is 1.35 bits per heavy atom. The standard InChI is InChI=1S/C12H11FN4/c13-12-5-10(2-1-3-14)4-11(6-12)7-17-9-15-8-16-17/h4-6,8-9H,3,7,14H2. The Kier molecular flexibility index (Phi) is 3.48. The van der Waals surface area contributed by atoms with Crippen LogP contribution in [0.3, 0.4) is 0 Å². The van der Waals surface area contributed by atoms with Crippen LogP contribution in [0.2, 0.25) is 0 Å². The minimum atomic E-state index is -0.316. The van der Waals surface area contributed by atoms with E-state index >= 15 is 0 Å². The molecule has 0 spiro atoms. The minimum absolute atomic E-state index is 0.259. The fraction of sp³-hybridized carbons (Fsp3) is 0.167. The number of benzene rings is 1. The van der Waals surface area contributed by atoms with Crippen molar-refractivity contribution in [1.29, 1.82) is 0 Å². The molecule has 2 N–H and O–H groups in total. The van der Waals surface area contributed by atoms with Gasteiger partial charge in [0.25, 0.3) is 0 Å². The van der Waals surface area contributed by atoms with Crippen molar-refractivity contribution in [3.8, 4) is 11.8 Å². The lowest BCUT2D eigenvalue weighted by Gasteiger charge is -2.02. The maximum atomic E-state index is 13.3. The van der Waals surface area contributed by atoms with E-state index in [1.54, 1.807) is 11.0 Å². The number of hydrogen-bond donors (Lipinski definition) is 1. The molecule has 0 aliphatic carbocycles. The average Bonchev–Trinajstić information content (AvgIpc) is 2.78. The fourth-order valence-corrected chi connectivity index (χ4v) is 1.47. The third-order valence-corrected chi connectivity index (χ3v) is 2.10. The van der Waals surface area contributed by atoms with E-state index in [2.05, 4.69) is 21.9 Å². The van der Waals surface area contributed by atoms with Gasteiger partial charge in [0.15, 0.2) is 0 Å². The SMILES string of the molecule is NCC#Cc1cc(F)cc(Cn2cncn2)c1. The zero-order valence-electron chi connectivity index (χ0n) is 9.10. The number of nitrogens with two attached hydrogens (primary N) is 1. The molecular weight excluding hydrogens is 219 g/mol. The zero-order chi connectivity index (χ0) is 12.1. The maximum Gasteiger partial charge on any atom is 0.137 e. The highest BCUT2D eigenvalue weighted by Gasteiger charge is 2.01. The molecule has 0 saturated heterocycles. The van der Waals surface area contributed by atoms with Crippen LogP contribution in [0.15, 0.2) is 30.9 Å². The van der Waals surface area contributed by atoms with E-state index in [1.807, 2.05) is 6.07 Å². The Morgan fingerprint density at radius 3 is 2.94 bits per heavy atom. The topological polar surface area (TPSA) is 56.7 Å². The highest BCUT2D eigenvalue weighted by Crippen LogP contribution is 2.09. The number of halogens is 1. The summed E-state index contributed by atoms with van der Waals surface area (Å²) in [7, 11) is 0. The molecule has 0 saturated carbocycles. The van der Waals surface area contributed by atoms with E-state index < -0.39 is 0 Å². The molecule has 5 heteroatoms. The summed E-state index contributed by atoms with van der Waals surface area (Å²) < 4.78 is 15.0. The van der Waals surface area contributed by atoms with Crippen molar-refractivity contribution in [2.24, 2.45) is 5.73 Å². The normalized spacial score (nSPS) is 9.76. The molecule has 2 rings (SSSR count).